The van der Waals surface area contributed by atoms with Crippen molar-refractivity contribution in [3.63, 3.8) is 0 Å². The molecule has 0 amide bonds. The number of imidazole rings is 1. The normalized spacial score (nSPS) is 12.1. The Kier molecular flexibility index (Phi) is 3.24. The van der Waals surface area contributed by atoms with Gasteiger partial charge in [0.05, 0.1) is 12.5 Å². The van der Waals surface area contributed by atoms with Crippen molar-refractivity contribution in [2.24, 2.45) is 0 Å². The summed E-state index contributed by atoms with van der Waals surface area (Å²) >= 11 is 1.37. The second-order valence-corrected chi connectivity index (χ2v) is 6.58. The number of sulfonamides is 1. The number of thiazole rings is 1. The van der Waals surface area contributed by atoms with Gasteiger partial charge in [0.1, 0.15) is 0 Å². The molecule has 0 aliphatic heterocycles. The summed E-state index contributed by atoms with van der Waals surface area (Å²) in [6, 6.07) is 1.71. The van der Waals surface area contributed by atoms with E-state index in [4.69, 9.17) is 4.42 Å². The van der Waals surface area contributed by atoms with Crippen molar-refractivity contribution in [2.45, 2.75) is 11.6 Å². The Bertz CT molecular complexity index is 817. The van der Waals surface area contributed by atoms with Gasteiger partial charge in [-0.1, -0.05) is 0 Å². The molecular formula is C11H12N4O3S2. The van der Waals surface area contributed by atoms with E-state index in [9.17, 15) is 8.42 Å². The number of fused-ring (bicyclic) bond motifs is 1. The zero-order chi connectivity index (χ0) is 14.2. The van der Waals surface area contributed by atoms with Crippen molar-refractivity contribution < 1.29 is 12.8 Å². The van der Waals surface area contributed by atoms with Gasteiger partial charge in [0.2, 0.25) is 0 Å². The van der Waals surface area contributed by atoms with Gasteiger partial charge in [-0.25, -0.2) is 18.1 Å². The number of nitrogens with one attached hydrogen (secondary N) is 2. The van der Waals surface area contributed by atoms with Crippen LogP contribution in [-0.2, 0) is 16.6 Å². The van der Waals surface area contributed by atoms with Crippen LogP contribution in [0.3, 0.4) is 0 Å². The first-order chi connectivity index (χ1) is 9.62. The van der Waals surface area contributed by atoms with E-state index in [1.165, 1.54) is 23.9 Å². The predicted molar refractivity (Wildman–Crippen MR) is 75.3 cm³/mol. The Morgan fingerprint density at radius 3 is 3.05 bits per heavy atom. The molecule has 9 heteroatoms. The largest absolute Gasteiger partial charge is 0.472 e. The average Bonchev–Trinajstić information content (AvgIpc) is 3.11. The molecule has 0 bridgehead atoms. The van der Waals surface area contributed by atoms with E-state index in [1.54, 1.807) is 29.1 Å². The Labute approximate surface area is 119 Å². The van der Waals surface area contributed by atoms with Crippen LogP contribution in [0.25, 0.3) is 4.96 Å². The number of aromatic nitrogens is 2. The molecular weight excluding hydrogens is 300 g/mol. The number of furan rings is 1. The molecule has 0 aliphatic carbocycles. The molecule has 0 spiro atoms. The van der Waals surface area contributed by atoms with Gasteiger partial charge in [-0.05, 0) is 6.07 Å². The summed E-state index contributed by atoms with van der Waals surface area (Å²) in [4.78, 5) is 4.86. The minimum Gasteiger partial charge on any atom is -0.472 e. The van der Waals surface area contributed by atoms with E-state index in [2.05, 4.69) is 15.0 Å². The maximum Gasteiger partial charge on any atom is 0.260 e. The molecule has 3 aromatic rings. The van der Waals surface area contributed by atoms with Crippen LogP contribution in [0.2, 0.25) is 0 Å². The van der Waals surface area contributed by atoms with Gasteiger partial charge in [0, 0.05) is 30.7 Å². The van der Waals surface area contributed by atoms with Gasteiger partial charge < -0.3 is 9.73 Å². The summed E-state index contributed by atoms with van der Waals surface area (Å²) in [5, 5.41) is 4.71. The smallest absolute Gasteiger partial charge is 0.260 e. The highest BCUT2D eigenvalue weighted by Crippen LogP contribution is 2.25. The molecule has 0 saturated heterocycles. The molecule has 3 aromatic heterocycles. The van der Waals surface area contributed by atoms with Gasteiger partial charge in [0.25, 0.3) is 10.0 Å². The third-order valence-corrected chi connectivity index (χ3v) is 4.94. The fourth-order valence-corrected chi connectivity index (χ4v) is 3.90. The molecule has 0 aromatic carbocycles. The second kappa shape index (κ2) is 4.93. The lowest BCUT2D eigenvalue weighted by molar-refractivity contribution is 0.560. The van der Waals surface area contributed by atoms with Gasteiger partial charge in [0.15, 0.2) is 15.8 Å². The molecule has 0 unspecified atom stereocenters. The number of nitrogens with zero attached hydrogens (tertiary/aromatic N) is 2. The second-order valence-electron chi connectivity index (χ2n) is 4.03. The van der Waals surface area contributed by atoms with Crippen LogP contribution >= 0.6 is 11.3 Å². The summed E-state index contributed by atoms with van der Waals surface area (Å²) in [7, 11) is -2.04. The van der Waals surface area contributed by atoms with Crippen LogP contribution in [0.4, 0.5) is 5.82 Å². The summed E-state index contributed by atoms with van der Waals surface area (Å²) in [6.45, 7) is 0.166. The zero-order valence-corrected chi connectivity index (χ0v) is 12.2. The van der Waals surface area contributed by atoms with Gasteiger partial charge in [-0.2, -0.15) is 0 Å². The number of hydrogen-bond acceptors (Lipinski definition) is 6. The summed E-state index contributed by atoms with van der Waals surface area (Å²) in [6.07, 6.45) is 4.68. The molecule has 0 aliphatic rings. The fraction of sp³-hybridized carbons (Fsp3) is 0.182. The zero-order valence-electron chi connectivity index (χ0n) is 10.5. The van der Waals surface area contributed by atoms with Crippen LogP contribution in [-0.4, -0.2) is 24.9 Å². The lowest BCUT2D eigenvalue weighted by Gasteiger charge is -2.06. The van der Waals surface area contributed by atoms with Crippen molar-refractivity contribution >= 4 is 32.1 Å². The van der Waals surface area contributed by atoms with E-state index < -0.39 is 10.0 Å². The van der Waals surface area contributed by atoms with Crippen molar-refractivity contribution in [2.75, 3.05) is 12.4 Å². The first-order valence-corrected chi connectivity index (χ1v) is 8.12. The van der Waals surface area contributed by atoms with Crippen LogP contribution < -0.4 is 10.0 Å². The summed E-state index contributed by atoms with van der Waals surface area (Å²) in [5.74, 6) is 0.330. The molecule has 0 fully saturated rings. The highest BCUT2D eigenvalue weighted by atomic mass is 32.2. The Balaban J connectivity index is 1.97. The summed E-state index contributed by atoms with van der Waals surface area (Å²) < 4.78 is 33.9. The van der Waals surface area contributed by atoms with Crippen molar-refractivity contribution in [1.82, 2.24) is 14.1 Å². The van der Waals surface area contributed by atoms with E-state index in [-0.39, 0.29) is 11.6 Å². The molecule has 7 nitrogen and oxygen atoms in total. The topological polar surface area (TPSA) is 88.6 Å². The minimum atomic E-state index is -3.68. The third kappa shape index (κ3) is 2.19. The van der Waals surface area contributed by atoms with Crippen LogP contribution in [0.15, 0.2) is 39.6 Å². The highest BCUT2D eigenvalue weighted by Gasteiger charge is 2.25. The van der Waals surface area contributed by atoms with Crippen molar-refractivity contribution in [1.29, 1.82) is 0 Å². The van der Waals surface area contributed by atoms with Crippen molar-refractivity contribution in [3.8, 4) is 0 Å². The Morgan fingerprint density at radius 2 is 2.35 bits per heavy atom. The van der Waals surface area contributed by atoms with E-state index in [0.29, 0.717) is 10.8 Å². The quantitative estimate of drug-likeness (QED) is 0.745. The van der Waals surface area contributed by atoms with Crippen LogP contribution in [0.1, 0.15) is 5.56 Å². The van der Waals surface area contributed by atoms with Gasteiger partial charge in [-0.15, -0.1) is 11.3 Å². The predicted octanol–water partition coefficient (Wildman–Crippen LogP) is 1.51. The number of rotatable bonds is 5. The molecule has 3 rings (SSSR count). The molecule has 0 saturated carbocycles. The van der Waals surface area contributed by atoms with Crippen molar-refractivity contribution in [3.05, 3.63) is 35.7 Å². The molecule has 3 heterocycles. The lowest BCUT2D eigenvalue weighted by Crippen LogP contribution is -2.25. The SMILES string of the molecule is CNc1nc2sccn2c1S(=O)(=O)NCc1ccoc1. The van der Waals surface area contributed by atoms with Gasteiger partial charge in [-0.3, -0.25) is 4.40 Å². The van der Waals surface area contributed by atoms with E-state index in [0.717, 1.165) is 5.56 Å². The Morgan fingerprint density at radius 1 is 1.50 bits per heavy atom. The maximum absolute atomic E-state index is 12.4. The standard InChI is InChI=1S/C11H12N4O3S2/c1-12-9-10(15-3-5-19-11(15)14-9)20(16,17)13-6-8-2-4-18-7-8/h2-5,7,12-13H,6H2,1H3. The average molecular weight is 312 g/mol. The monoisotopic (exact) mass is 312 g/mol. The van der Waals surface area contributed by atoms with E-state index >= 15 is 0 Å². The van der Waals surface area contributed by atoms with E-state index in [1.807, 2.05) is 0 Å². The fourth-order valence-electron chi connectivity index (χ4n) is 1.82. The minimum absolute atomic E-state index is 0.111. The molecule has 0 radical (unpaired) electrons. The number of hydrogen-bond donors (Lipinski definition) is 2. The van der Waals surface area contributed by atoms with Gasteiger partial charge >= 0.3 is 0 Å². The van der Waals surface area contributed by atoms with Crippen LogP contribution in [0, 0.1) is 0 Å². The third-order valence-electron chi connectivity index (χ3n) is 2.76. The molecule has 106 valence electrons. The summed E-state index contributed by atoms with van der Waals surface area (Å²) in [5.41, 5.74) is 0.755. The Hall–Kier alpha value is -1.84. The first kappa shape index (κ1) is 13.2. The number of anilines is 1. The maximum atomic E-state index is 12.4. The molecule has 0 atom stereocenters. The lowest BCUT2D eigenvalue weighted by atomic mass is 10.4. The molecule has 2 N–H and O–H groups in total. The highest BCUT2D eigenvalue weighted by molar-refractivity contribution is 7.89. The van der Waals surface area contributed by atoms with Crippen LogP contribution in [0.5, 0.6) is 0 Å². The first-order valence-electron chi connectivity index (χ1n) is 5.76. The molecule has 20 heavy (non-hydrogen) atoms.